The van der Waals surface area contributed by atoms with Crippen molar-refractivity contribution < 1.29 is 19.2 Å². The van der Waals surface area contributed by atoms with Crippen molar-refractivity contribution in [3.63, 3.8) is 0 Å². The number of urea groups is 1. The first-order chi connectivity index (χ1) is 13.7. The van der Waals surface area contributed by atoms with Gasteiger partial charge in [0.05, 0.1) is 6.54 Å². The van der Waals surface area contributed by atoms with Crippen molar-refractivity contribution in [1.29, 1.82) is 0 Å². The minimum atomic E-state index is -0.893. The predicted octanol–water partition coefficient (Wildman–Crippen LogP) is 1.86. The topological polar surface area (TPSA) is 108 Å². The normalized spacial score (nSPS) is 23.8. The maximum atomic E-state index is 12.9. The van der Waals surface area contributed by atoms with Crippen LogP contribution in [-0.4, -0.2) is 47.3 Å². The number of nitrogens with one attached hydrogen (secondary N) is 3. The average Bonchev–Trinajstić information content (AvgIpc) is 2.91. The number of aryl methyl sites for hydroxylation is 1. The molecule has 5 amide bonds. The summed E-state index contributed by atoms with van der Waals surface area (Å²) in [4.78, 5) is 50.6. The van der Waals surface area contributed by atoms with Crippen LogP contribution in [0.3, 0.4) is 0 Å². The van der Waals surface area contributed by atoms with Crippen LogP contribution in [0.15, 0.2) is 18.2 Å². The number of rotatable bonds is 5. The minimum absolute atomic E-state index is 0.0316. The second kappa shape index (κ2) is 8.23. The second-order valence-electron chi connectivity index (χ2n) is 8.01. The number of anilines is 1. The van der Waals surface area contributed by atoms with E-state index in [1.165, 1.54) is 0 Å². The van der Waals surface area contributed by atoms with E-state index in [2.05, 4.69) is 16.0 Å². The third-order valence-electron chi connectivity index (χ3n) is 6.13. The van der Waals surface area contributed by atoms with Crippen molar-refractivity contribution >= 4 is 29.4 Å². The van der Waals surface area contributed by atoms with Gasteiger partial charge in [-0.1, -0.05) is 31.9 Å². The maximum Gasteiger partial charge on any atom is 0.325 e. The molecule has 1 aromatic rings. The molecule has 0 radical (unpaired) electrons. The number of imide groups is 1. The summed E-state index contributed by atoms with van der Waals surface area (Å²) >= 11 is 0. The molecule has 1 heterocycles. The molecule has 2 aliphatic rings. The van der Waals surface area contributed by atoms with Crippen LogP contribution in [0.25, 0.3) is 0 Å². The summed E-state index contributed by atoms with van der Waals surface area (Å²) in [6.45, 7) is 5.18. The first kappa shape index (κ1) is 20.8. The van der Waals surface area contributed by atoms with Crippen molar-refractivity contribution in [2.45, 2.75) is 52.0 Å². The van der Waals surface area contributed by atoms with Crippen molar-refractivity contribution in [3.05, 3.63) is 29.3 Å². The van der Waals surface area contributed by atoms with Gasteiger partial charge in [0.25, 0.3) is 5.91 Å². The molecule has 1 aliphatic heterocycles. The molecule has 3 rings (SSSR count). The van der Waals surface area contributed by atoms with Crippen molar-refractivity contribution in [3.8, 4) is 0 Å². The van der Waals surface area contributed by atoms with Crippen LogP contribution in [0.2, 0.25) is 0 Å². The zero-order chi connectivity index (χ0) is 21.2. The van der Waals surface area contributed by atoms with E-state index in [9.17, 15) is 19.2 Å². The maximum absolute atomic E-state index is 12.9. The molecule has 3 N–H and O–H groups in total. The molecule has 1 aromatic carbocycles. The van der Waals surface area contributed by atoms with Crippen molar-refractivity contribution in [2.24, 2.45) is 5.92 Å². The zero-order valence-corrected chi connectivity index (χ0v) is 17.1. The number of carbonyl (C=O) groups is 4. The van der Waals surface area contributed by atoms with Gasteiger partial charge in [-0.05, 0) is 49.8 Å². The van der Waals surface area contributed by atoms with Gasteiger partial charge in [-0.25, -0.2) is 4.79 Å². The molecule has 2 fully saturated rings. The fraction of sp³-hybridized carbons (Fsp3) is 0.524. The zero-order valence-electron chi connectivity index (χ0n) is 17.1. The molecule has 0 unspecified atom stereocenters. The Morgan fingerprint density at radius 3 is 2.69 bits per heavy atom. The lowest BCUT2D eigenvalue weighted by molar-refractivity contribution is -0.137. The Balaban J connectivity index is 1.54. The number of nitrogens with zero attached hydrogens (tertiary/aromatic N) is 1. The number of amides is 5. The first-order valence-electron chi connectivity index (χ1n) is 10.0. The highest BCUT2D eigenvalue weighted by Crippen LogP contribution is 2.38. The van der Waals surface area contributed by atoms with Crippen molar-refractivity contribution in [1.82, 2.24) is 15.5 Å². The highest BCUT2D eigenvalue weighted by Gasteiger charge is 2.55. The standard InChI is InChI=1S/C21H28N4O4/c1-13-7-6-9-16(15(13)3)23-17(26)11-22-18(27)12-25-19(28)21(24-20(25)29)10-5-4-8-14(21)2/h6-7,9,14H,4-5,8,10-12H2,1-3H3,(H,22,27)(H,23,26)(H,24,29)/t14-,21-/m0/s1. The Bertz CT molecular complexity index is 853. The van der Waals surface area contributed by atoms with E-state index in [1.54, 1.807) is 6.07 Å². The summed E-state index contributed by atoms with van der Waals surface area (Å²) in [7, 11) is 0. The van der Waals surface area contributed by atoms with Gasteiger partial charge in [0.1, 0.15) is 12.1 Å². The van der Waals surface area contributed by atoms with Gasteiger partial charge in [-0.15, -0.1) is 0 Å². The van der Waals surface area contributed by atoms with Gasteiger partial charge < -0.3 is 16.0 Å². The monoisotopic (exact) mass is 400 g/mol. The molecule has 156 valence electrons. The molecule has 29 heavy (non-hydrogen) atoms. The lowest BCUT2D eigenvalue weighted by atomic mass is 9.73. The number of carbonyl (C=O) groups excluding carboxylic acids is 4. The predicted molar refractivity (Wildman–Crippen MR) is 108 cm³/mol. The Hall–Kier alpha value is -2.90. The van der Waals surface area contributed by atoms with Crippen molar-refractivity contribution in [2.75, 3.05) is 18.4 Å². The molecule has 1 aliphatic carbocycles. The van der Waals surface area contributed by atoms with E-state index in [4.69, 9.17) is 0 Å². The lowest BCUT2D eigenvalue weighted by Crippen LogP contribution is -2.54. The van der Waals surface area contributed by atoms with Crippen LogP contribution < -0.4 is 16.0 Å². The third kappa shape index (κ3) is 4.11. The van der Waals surface area contributed by atoms with Gasteiger partial charge in [0, 0.05) is 5.69 Å². The summed E-state index contributed by atoms with van der Waals surface area (Å²) in [5, 5.41) is 8.05. The fourth-order valence-corrected chi connectivity index (χ4v) is 4.10. The molecule has 1 saturated carbocycles. The van der Waals surface area contributed by atoms with E-state index in [0.717, 1.165) is 35.3 Å². The van der Waals surface area contributed by atoms with E-state index < -0.39 is 24.0 Å². The van der Waals surface area contributed by atoms with Gasteiger partial charge >= 0.3 is 6.03 Å². The summed E-state index contributed by atoms with van der Waals surface area (Å²) < 4.78 is 0. The summed E-state index contributed by atoms with van der Waals surface area (Å²) in [6, 6.07) is 5.04. The SMILES string of the molecule is Cc1cccc(NC(=O)CNC(=O)CN2C(=O)N[C@]3(CCCC[C@@H]3C)C2=O)c1C. The Morgan fingerprint density at radius 1 is 1.21 bits per heavy atom. The van der Waals surface area contributed by atoms with Gasteiger partial charge in [0.2, 0.25) is 11.8 Å². The van der Waals surface area contributed by atoms with E-state index >= 15 is 0 Å². The molecule has 0 bridgehead atoms. The molecule has 0 aromatic heterocycles. The Morgan fingerprint density at radius 2 is 1.97 bits per heavy atom. The van der Waals surface area contributed by atoms with Gasteiger partial charge in [-0.3, -0.25) is 19.3 Å². The summed E-state index contributed by atoms with van der Waals surface area (Å²) in [5.74, 6) is -1.24. The van der Waals surface area contributed by atoms with Crippen LogP contribution in [0.4, 0.5) is 10.5 Å². The molecule has 8 nitrogen and oxygen atoms in total. The molecular weight excluding hydrogens is 372 g/mol. The van der Waals surface area contributed by atoms with Crippen LogP contribution in [0, 0.1) is 19.8 Å². The quantitative estimate of drug-likeness (QED) is 0.656. The number of hydrogen-bond acceptors (Lipinski definition) is 4. The van der Waals surface area contributed by atoms with Gasteiger partial charge in [-0.2, -0.15) is 0 Å². The molecule has 1 saturated heterocycles. The van der Waals surface area contributed by atoms with E-state index in [0.29, 0.717) is 12.1 Å². The third-order valence-corrected chi connectivity index (χ3v) is 6.13. The van der Waals surface area contributed by atoms with Crippen LogP contribution >= 0.6 is 0 Å². The molecular formula is C21H28N4O4. The number of benzene rings is 1. The van der Waals surface area contributed by atoms with E-state index in [-0.39, 0.29) is 24.3 Å². The minimum Gasteiger partial charge on any atom is -0.345 e. The largest absolute Gasteiger partial charge is 0.345 e. The summed E-state index contributed by atoms with van der Waals surface area (Å²) in [6.07, 6.45) is 3.36. The molecule has 1 spiro atoms. The van der Waals surface area contributed by atoms with E-state index in [1.807, 2.05) is 32.9 Å². The molecule has 8 heteroatoms. The van der Waals surface area contributed by atoms with Gasteiger partial charge in [0.15, 0.2) is 0 Å². The van der Waals surface area contributed by atoms with Crippen LogP contribution in [0.5, 0.6) is 0 Å². The summed E-state index contributed by atoms with van der Waals surface area (Å²) in [5.41, 5.74) is 1.80. The molecule has 2 atom stereocenters. The lowest BCUT2D eigenvalue weighted by Gasteiger charge is -2.36. The fourth-order valence-electron chi connectivity index (χ4n) is 4.10. The Labute approximate surface area is 170 Å². The second-order valence-corrected chi connectivity index (χ2v) is 8.01. The average molecular weight is 400 g/mol. The smallest absolute Gasteiger partial charge is 0.325 e. The number of hydrogen-bond donors (Lipinski definition) is 3. The highest BCUT2D eigenvalue weighted by molar-refractivity contribution is 6.09. The van der Waals surface area contributed by atoms with Crippen LogP contribution in [-0.2, 0) is 14.4 Å². The first-order valence-corrected chi connectivity index (χ1v) is 10.0. The Kier molecular flexibility index (Phi) is 5.91. The van der Waals surface area contributed by atoms with Crippen LogP contribution in [0.1, 0.15) is 43.7 Å². The highest BCUT2D eigenvalue weighted by atomic mass is 16.2.